The molecule has 3 heterocycles. The monoisotopic (exact) mass is 303 g/mol. The zero-order valence-electron chi connectivity index (χ0n) is 12.4. The highest BCUT2D eigenvalue weighted by molar-refractivity contribution is 5.44. The van der Waals surface area contributed by atoms with Crippen molar-refractivity contribution in [2.45, 2.75) is 12.5 Å². The average molecular weight is 303 g/mol. The predicted octanol–water partition coefficient (Wildman–Crippen LogP) is 0.376. The van der Waals surface area contributed by atoms with E-state index >= 15 is 0 Å². The minimum Gasteiger partial charge on any atom is -0.480 e. The van der Waals surface area contributed by atoms with Crippen molar-refractivity contribution < 1.29 is 9.47 Å². The van der Waals surface area contributed by atoms with Crippen LogP contribution >= 0.6 is 0 Å². The van der Waals surface area contributed by atoms with Crippen LogP contribution in [0, 0.1) is 0 Å². The Morgan fingerprint density at radius 3 is 3.05 bits per heavy atom. The molecule has 22 heavy (non-hydrogen) atoms. The Kier molecular flexibility index (Phi) is 4.87. The minimum absolute atomic E-state index is 0.00202. The van der Waals surface area contributed by atoms with Crippen molar-refractivity contribution in [3.63, 3.8) is 0 Å². The fourth-order valence-corrected chi connectivity index (χ4v) is 2.37. The number of aromatic nitrogens is 2. The molecule has 1 unspecified atom stereocenters. The first kappa shape index (κ1) is 14.8. The van der Waals surface area contributed by atoms with Gasteiger partial charge in [0.05, 0.1) is 0 Å². The molecule has 7 nitrogen and oxygen atoms in total. The van der Waals surface area contributed by atoms with Gasteiger partial charge in [0, 0.05) is 25.5 Å². The van der Waals surface area contributed by atoms with E-state index in [9.17, 15) is 0 Å². The number of nitrogens with zero attached hydrogens (tertiary/aromatic N) is 3. The van der Waals surface area contributed by atoms with Crippen LogP contribution in [-0.4, -0.2) is 48.9 Å². The predicted molar refractivity (Wildman–Crippen MR) is 82.9 cm³/mol. The van der Waals surface area contributed by atoms with Crippen LogP contribution in [-0.2, 0) is 9.47 Å². The minimum atomic E-state index is -0.00202. The van der Waals surface area contributed by atoms with Crippen LogP contribution in [0.15, 0.2) is 42.3 Å². The van der Waals surface area contributed by atoms with E-state index in [0.29, 0.717) is 31.5 Å². The van der Waals surface area contributed by atoms with E-state index in [1.165, 1.54) is 0 Å². The highest BCUT2D eigenvalue weighted by Crippen LogP contribution is 2.27. The number of anilines is 1. The number of hydrogen-bond acceptors (Lipinski definition) is 7. The van der Waals surface area contributed by atoms with Crippen LogP contribution in [0.25, 0.3) is 0 Å². The molecule has 1 aromatic rings. The molecule has 2 aliphatic rings. The number of ether oxygens (including phenoxy) is 2. The van der Waals surface area contributed by atoms with Crippen LogP contribution < -0.4 is 16.0 Å². The SMILES string of the molecule is NCCCNCC1COC2=C(C=CCN2c2ncccn2)O1. The lowest BCUT2D eigenvalue weighted by Crippen LogP contribution is -2.40. The van der Waals surface area contributed by atoms with Gasteiger partial charge in [-0.25, -0.2) is 9.97 Å². The fourth-order valence-electron chi connectivity index (χ4n) is 2.37. The quantitative estimate of drug-likeness (QED) is 0.735. The molecule has 0 bridgehead atoms. The topological polar surface area (TPSA) is 85.5 Å². The third-order valence-corrected chi connectivity index (χ3v) is 3.44. The Balaban J connectivity index is 1.64. The van der Waals surface area contributed by atoms with Gasteiger partial charge in [-0.3, -0.25) is 4.90 Å². The fraction of sp³-hybridized carbons (Fsp3) is 0.467. The van der Waals surface area contributed by atoms with E-state index in [2.05, 4.69) is 15.3 Å². The third-order valence-electron chi connectivity index (χ3n) is 3.44. The molecular weight excluding hydrogens is 282 g/mol. The van der Waals surface area contributed by atoms with Gasteiger partial charge >= 0.3 is 0 Å². The summed E-state index contributed by atoms with van der Waals surface area (Å²) in [7, 11) is 0. The van der Waals surface area contributed by atoms with Crippen molar-refractivity contribution >= 4 is 5.95 Å². The molecule has 0 saturated carbocycles. The Morgan fingerprint density at radius 1 is 1.36 bits per heavy atom. The average Bonchev–Trinajstić information content (AvgIpc) is 2.59. The largest absolute Gasteiger partial charge is 0.480 e. The molecule has 0 saturated heterocycles. The Hall–Kier alpha value is -2.12. The molecule has 0 amide bonds. The van der Waals surface area contributed by atoms with Crippen molar-refractivity contribution in [2.24, 2.45) is 5.73 Å². The van der Waals surface area contributed by atoms with Gasteiger partial charge in [0.1, 0.15) is 12.7 Å². The van der Waals surface area contributed by atoms with Gasteiger partial charge in [0.25, 0.3) is 0 Å². The first-order valence-electron chi connectivity index (χ1n) is 7.54. The number of rotatable bonds is 6. The smallest absolute Gasteiger partial charge is 0.240 e. The lowest BCUT2D eigenvalue weighted by atomic mass is 10.2. The molecule has 0 spiro atoms. The zero-order chi connectivity index (χ0) is 15.2. The van der Waals surface area contributed by atoms with Crippen molar-refractivity contribution in [1.29, 1.82) is 0 Å². The molecule has 0 aliphatic carbocycles. The van der Waals surface area contributed by atoms with E-state index in [-0.39, 0.29) is 6.10 Å². The summed E-state index contributed by atoms with van der Waals surface area (Å²) in [6.07, 6.45) is 8.35. The molecular formula is C15H21N5O2. The molecule has 3 N–H and O–H groups in total. The molecule has 7 heteroatoms. The summed E-state index contributed by atoms with van der Waals surface area (Å²) in [4.78, 5) is 10.4. The van der Waals surface area contributed by atoms with Gasteiger partial charge in [0.2, 0.25) is 11.8 Å². The molecule has 118 valence electrons. The Bertz CT molecular complexity index is 546. The van der Waals surface area contributed by atoms with Crippen LogP contribution in [0.1, 0.15) is 6.42 Å². The van der Waals surface area contributed by atoms with Crippen molar-refractivity contribution in [2.75, 3.05) is 37.7 Å². The molecule has 0 radical (unpaired) electrons. The maximum absolute atomic E-state index is 6.00. The lowest BCUT2D eigenvalue weighted by molar-refractivity contribution is 0.0000442. The standard InChI is InChI=1S/C15H21N5O2/c16-5-2-6-17-10-12-11-21-14-13(22-12)4-1-9-20(14)15-18-7-3-8-19-15/h1,3-4,7-8,12,17H,2,5-6,9-11,16H2. The second kappa shape index (κ2) is 7.24. The first-order chi connectivity index (χ1) is 10.9. The maximum Gasteiger partial charge on any atom is 0.240 e. The van der Waals surface area contributed by atoms with Crippen molar-refractivity contribution in [3.8, 4) is 0 Å². The van der Waals surface area contributed by atoms with Crippen LogP contribution in [0.4, 0.5) is 5.95 Å². The summed E-state index contributed by atoms with van der Waals surface area (Å²) in [5.74, 6) is 2.03. The van der Waals surface area contributed by atoms with Gasteiger partial charge in [0.15, 0.2) is 5.76 Å². The Labute approximate surface area is 129 Å². The molecule has 1 aromatic heterocycles. The molecule has 0 fully saturated rings. The van der Waals surface area contributed by atoms with E-state index in [0.717, 1.165) is 25.3 Å². The second-order valence-corrected chi connectivity index (χ2v) is 5.13. The van der Waals surface area contributed by atoms with Crippen LogP contribution in [0.2, 0.25) is 0 Å². The molecule has 2 aliphatic heterocycles. The first-order valence-corrected chi connectivity index (χ1v) is 7.54. The highest BCUT2D eigenvalue weighted by Gasteiger charge is 2.29. The van der Waals surface area contributed by atoms with Gasteiger partial charge in [-0.2, -0.15) is 0 Å². The normalized spacial score (nSPS) is 20.4. The van der Waals surface area contributed by atoms with Gasteiger partial charge in [-0.15, -0.1) is 0 Å². The third kappa shape index (κ3) is 3.37. The van der Waals surface area contributed by atoms with E-state index in [1.54, 1.807) is 18.5 Å². The maximum atomic E-state index is 6.00. The molecule has 0 aromatic carbocycles. The summed E-state index contributed by atoms with van der Waals surface area (Å²) in [5.41, 5.74) is 5.48. The zero-order valence-corrected chi connectivity index (χ0v) is 12.4. The van der Waals surface area contributed by atoms with E-state index in [1.807, 2.05) is 17.1 Å². The summed E-state index contributed by atoms with van der Waals surface area (Å²) in [6, 6.07) is 1.79. The highest BCUT2D eigenvalue weighted by atomic mass is 16.6. The summed E-state index contributed by atoms with van der Waals surface area (Å²) < 4.78 is 11.9. The second-order valence-electron chi connectivity index (χ2n) is 5.13. The molecule has 3 rings (SSSR count). The van der Waals surface area contributed by atoms with Gasteiger partial charge in [-0.1, -0.05) is 6.08 Å². The van der Waals surface area contributed by atoms with Crippen molar-refractivity contribution in [1.82, 2.24) is 15.3 Å². The number of nitrogens with two attached hydrogens (primary N) is 1. The van der Waals surface area contributed by atoms with Crippen molar-refractivity contribution in [3.05, 3.63) is 42.3 Å². The lowest BCUT2D eigenvalue weighted by Gasteiger charge is -2.34. The summed E-state index contributed by atoms with van der Waals surface area (Å²) in [5, 5.41) is 3.32. The number of allylic oxidation sites excluding steroid dienone is 1. The van der Waals surface area contributed by atoms with E-state index < -0.39 is 0 Å². The number of nitrogens with one attached hydrogen (secondary N) is 1. The van der Waals surface area contributed by atoms with Crippen LogP contribution in [0.3, 0.4) is 0 Å². The molecule has 1 atom stereocenters. The summed E-state index contributed by atoms with van der Waals surface area (Å²) in [6.45, 7) is 3.50. The van der Waals surface area contributed by atoms with Gasteiger partial charge < -0.3 is 20.5 Å². The summed E-state index contributed by atoms with van der Waals surface area (Å²) >= 11 is 0. The van der Waals surface area contributed by atoms with E-state index in [4.69, 9.17) is 15.2 Å². The number of hydrogen-bond donors (Lipinski definition) is 2. The van der Waals surface area contributed by atoms with Crippen LogP contribution in [0.5, 0.6) is 0 Å². The Morgan fingerprint density at radius 2 is 2.23 bits per heavy atom. The van der Waals surface area contributed by atoms with Gasteiger partial charge in [-0.05, 0) is 31.7 Å².